The Morgan fingerprint density at radius 1 is 1.37 bits per heavy atom. The predicted molar refractivity (Wildman–Crippen MR) is 77.4 cm³/mol. The molecule has 0 radical (unpaired) electrons. The summed E-state index contributed by atoms with van der Waals surface area (Å²) in [6.45, 7) is 8.83. The normalized spacial score (nSPS) is 10.1. The zero-order chi connectivity index (χ0) is 14.3. The lowest BCUT2D eigenvalue weighted by atomic mass is 10.1. The van der Waals surface area contributed by atoms with Crippen LogP contribution >= 0.6 is 0 Å². The first-order chi connectivity index (χ1) is 9.08. The molecule has 0 aliphatic carbocycles. The minimum Gasteiger partial charge on any atom is -0.483 e. The summed E-state index contributed by atoms with van der Waals surface area (Å²) < 4.78 is 5.59. The van der Waals surface area contributed by atoms with Gasteiger partial charge < -0.3 is 15.4 Å². The molecule has 0 aliphatic rings. The summed E-state index contributed by atoms with van der Waals surface area (Å²) in [5, 5.41) is 5.80. The second-order valence-corrected chi connectivity index (χ2v) is 4.47. The average molecular weight is 262 g/mol. The van der Waals surface area contributed by atoms with Gasteiger partial charge in [-0.05, 0) is 37.6 Å². The fourth-order valence-electron chi connectivity index (χ4n) is 1.95. The minimum atomic E-state index is -0.141. The van der Waals surface area contributed by atoms with Gasteiger partial charge >= 0.3 is 0 Å². The number of ether oxygens (including phenoxy) is 1. The number of benzene rings is 1. The van der Waals surface area contributed by atoms with Crippen LogP contribution in [0.5, 0.6) is 5.75 Å². The number of carbonyl (C=O) groups excluding carboxylic acids is 1. The van der Waals surface area contributed by atoms with Crippen molar-refractivity contribution in [1.29, 1.82) is 0 Å². The topological polar surface area (TPSA) is 50.4 Å². The molecule has 1 aromatic rings. The first-order valence-electron chi connectivity index (χ1n) is 6.33. The van der Waals surface area contributed by atoms with E-state index in [1.165, 1.54) is 5.56 Å². The van der Waals surface area contributed by atoms with E-state index < -0.39 is 0 Å². The maximum atomic E-state index is 11.5. The van der Waals surface area contributed by atoms with Gasteiger partial charge in [-0.25, -0.2) is 0 Å². The molecule has 0 aliphatic heterocycles. The Labute approximate surface area is 114 Å². The fourth-order valence-corrected chi connectivity index (χ4v) is 1.95. The number of aryl methyl sites for hydroxylation is 2. The van der Waals surface area contributed by atoms with Gasteiger partial charge in [0, 0.05) is 13.1 Å². The van der Waals surface area contributed by atoms with Crippen molar-refractivity contribution in [2.75, 3.05) is 20.2 Å². The Kier molecular flexibility index (Phi) is 6.09. The fraction of sp³-hybridized carbons (Fsp3) is 0.400. The molecular formula is C15H22N2O2. The SMILES string of the molecule is C=CCNC(=O)COc1c(C)cc(CNC)cc1C. The number of hydrogen-bond acceptors (Lipinski definition) is 3. The molecule has 0 spiro atoms. The van der Waals surface area contributed by atoms with Crippen LogP contribution in [-0.2, 0) is 11.3 Å². The number of hydrogen-bond donors (Lipinski definition) is 2. The second kappa shape index (κ2) is 7.59. The van der Waals surface area contributed by atoms with Crippen molar-refractivity contribution < 1.29 is 9.53 Å². The number of nitrogens with one attached hydrogen (secondary N) is 2. The summed E-state index contributed by atoms with van der Waals surface area (Å²) in [5.41, 5.74) is 3.30. The molecule has 1 amide bonds. The van der Waals surface area contributed by atoms with Crippen LogP contribution in [0.1, 0.15) is 16.7 Å². The summed E-state index contributed by atoms with van der Waals surface area (Å²) in [4.78, 5) is 11.5. The van der Waals surface area contributed by atoms with Crippen LogP contribution in [0.25, 0.3) is 0 Å². The Bertz CT molecular complexity index is 432. The molecular weight excluding hydrogens is 240 g/mol. The van der Waals surface area contributed by atoms with Gasteiger partial charge in [0.1, 0.15) is 5.75 Å². The van der Waals surface area contributed by atoms with Crippen LogP contribution in [0.3, 0.4) is 0 Å². The highest BCUT2D eigenvalue weighted by molar-refractivity contribution is 5.77. The zero-order valence-electron chi connectivity index (χ0n) is 11.9. The maximum Gasteiger partial charge on any atom is 0.258 e. The standard InChI is InChI=1S/C15H22N2O2/c1-5-6-17-14(18)10-19-15-11(2)7-13(9-16-4)8-12(15)3/h5,7-8,16H,1,6,9-10H2,2-4H3,(H,17,18). The maximum absolute atomic E-state index is 11.5. The van der Waals surface area contributed by atoms with Crippen LogP contribution in [0.15, 0.2) is 24.8 Å². The third kappa shape index (κ3) is 4.75. The zero-order valence-corrected chi connectivity index (χ0v) is 11.9. The molecule has 2 N–H and O–H groups in total. The van der Waals surface area contributed by atoms with E-state index in [0.29, 0.717) is 6.54 Å². The molecule has 4 nitrogen and oxygen atoms in total. The third-order valence-electron chi connectivity index (χ3n) is 2.69. The second-order valence-electron chi connectivity index (χ2n) is 4.47. The van der Waals surface area contributed by atoms with Gasteiger partial charge in [-0.1, -0.05) is 18.2 Å². The van der Waals surface area contributed by atoms with E-state index in [1.54, 1.807) is 6.08 Å². The van der Waals surface area contributed by atoms with Gasteiger partial charge in [-0.3, -0.25) is 4.79 Å². The molecule has 0 atom stereocenters. The number of rotatable bonds is 7. The summed E-state index contributed by atoms with van der Waals surface area (Å²) in [6, 6.07) is 4.14. The highest BCUT2D eigenvalue weighted by Gasteiger charge is 2.08. The third-order valence-corrected chi connectivity index (χ3v) is 2.69. The summed E-state index contributed by atoms with van der Waals surface area (Å²) in [7, 11) is 1.92. The van der Waals surface area contributed by atoms with Crippen LogP contribution in [0, 0.1) is 13.8 Å². The lowest BCUT2D eigenvalue weighted by molar-refractivity contribution is -0.122. The van der Waals surface area contributed by atoms with E-state index in [9.17, 15) is 4.79 Å². The smallest absolute Gasteiger partial charge is 0.258 e. The van der Waals surface area contributed by atoms with E-state index >= 15 is 0 Å². The molecule has 0 saturated carbocycles. The highest BCUT2D eigenvalue weighted by Crippen LogP contribution is 2.24. The monoisotopic (exact) mass is 262 g/mol. The van der Waals surface area contributed by atoms with Crippen molar-refractivity contribution in [3.05, 3.63) is 41.5 Å². The van der Waals surface area contributed by atoms with E-state index in [1.807, 2.05) is 20.9 Å². The van der Waals surface area contributed by atoms with Gasteiger partial charge in [-0.15, -0.1) is 6.58 Å². The Morgan fingerprint density at radius 2 is 2.00 bits per heavy atom. The predicted octanol–water partition coefficient (Wildman–Crippen LogP) is 1.70. The summed E-state index contributed by atoms with van der Waals surface area (Å²) in [6.07, 6.45) is 1.64. The van der Waals surface area contributed by atoms with Gasteiger partial charge in [0.25, 0.3) is 5.91 Å². The van der Waals surface area contributed by atoms with Gasteiger partial charge in [-0.2, -0.15) is 0 Å². The van der Waals surface area contributed by atoms with Crippen LogP contribution in [0.4, 0.5) is 0 Å². The average Bonchev–Trinajstić information content (AvgIpc) is 2.35. The van der Waals surface area contributed by atoms with Crippen molar-refractivity contribution in [2.45, 2.75) is 20.4 Å². The molecule has 0 saturated heterocycles. The van der Waals surface area contributed by atoms with Crippen molar-refractivity contribution in [1.82, 2.24) is 10.6 Å². The molecule has 1 rings (SSSR count). The quantitative estimate of drug-likeness (QED) is 0.735. The minimum absolute atomic E-state index is 0.0287. The van der Waals surface area contributed by atoms with E-state index in [4.69, 9.17) is 4.74 Å². The number of carbonyl (C=O) groups is 1. The van der Waals surface area contributed by atoms with Crippen molar-refractivity contribution in [3.8, 4) is 5.75 Å². The summed E-state index contributed by atoms with van der Waals surface area (Å²) >= 11 is 0. The first kappa shape index (κ1) is 15.2. The van der Waals surface area contributed by atoms with Gasteiger partial charge in [0.2, 0.25) is 0 Å². The van der Waals surface area contributed by atoms with Crippen LogP contribution < -0.4 is 15.4 Å². The molecule has 0 heterocycles. The van der Waals surface area contributed by atoms with Gasteiger partial charge in [0.15, 0.2) is 6.61 Å². The van der Waals surface area contributed by atoms with Crippen LogP contribution in [-0.4, -0.2) is 26.1 Å². The lowest BCUT2D eigenvalue weighted by Crippen LogP contribution is -2.29. The largest absolute Gasteiger partial charge is 0.483 e. The Morgan fingerprint density at radius 3 is 2.53 bits per heavy atom. The molecule has 4 heteroatoms. The number of amides is 1. The Hall–Kier alpha value is -1.81. The molecule has 0 bridgehead atoms. The first-order valence-corrected chi connectivity index (χ1v) is 6.33. The molecule has 0 unspecified atom stereocenters. The lowest BCUT2D eigenvalue weighted by Gasteiger charge is -2.14. The van der Waals surface area contributed by atoms with Crippen molar-refractivity contribution >= 4 is 5.91 Å². The Balaban J connectivity index is 2.68. The molecule has 0 aromatic heterocycles. The van der Waals surface area contributed by atoms with Crippen LogP contribution in [0.2, 0.25) is 0 Å². The van der Waals surface area contributed by atoms with Crippen molar-refractivity contribution in [2.24, 2.45) is 0 Å². The summed E-state index contributed by atoms with van der Waals surface area (Å²) in [5.74, 6) is 0.645. The van der Waals surface area contributed by atoms with E-state index in [-0.39, 0.29) is 12.5 Å². The van der Waals surface area contributed by atoms with Gasteiger partial charge in [0.05, 0.1) is 0 Å². The molecule has 1 aromatic carbocycles. The molecule has 0 fully saturated rings. The molecule has 104 valence electrons. The van der Waals surface area contributed by atoms with E-state index in [2.05, 4.69) is 29.3 Å². The van der Waals surface area contributed by atoms with Crippen molar-refractivity contribution in [3.63, 3.8) is 0 Å². The molecule has 19 heavy (non-hydrogen) atoms. The van der Waals surface area contributed by atoms with E-state index in [0.717, 1.165) is 23.4 Å². The highest BCUT2D eigenvalue weighted by atomic mass is 16.5.